The molecule has 0 radical (unpaired) electrons. The predicted molar refractivity (Wildman–Crippen MR) is 106 cm³/mol. The first-order chi connectivity index (χ1) is 13.6. The summed E-state index contributed by atoms with van der Waals surface area (Å²) in [5.74, 6) is 0.897. The summed E-state index contributed by atoms with van der Waals surface area (Å²) in [6.45, 7) is 2.81. The van der Waals surface area contributed by atoms with Gasteiger partial charge in [0.25, 0.3) is 0 Å². The molecule has 2 aromatic heterocycles. The van der Waals surface area contributed by atoms with E-state index in [1.165, 1.54) is 18.0 Å². The summed E-state index contributed by atoms with van der Waals surface area (Å²) in [6, 6.07) is 10.2. The zero-order valence-electron chi connectivity index (χ0n) is 15.0. The molecule has 2 heterocycles. The third kappa shape index (κ3) is 5.14. The summed E-state index contributed by atoms with van der Waals surface area (Å²) < 4.78 is 7.01. The molecule has 0 spiro atoms. The van der Waals surface area contributed by atoms with Gasteiger partial charge in [0.05, 0.1) is 18.6 Å². The van der Waals surface area contributed by atoms with E-state index in [2.05, 4.69) is 20.8 Å². The molecular formula is C18H18ClN5O3S. The quantitative estimate of drug-likeness (QED) is 0.569. The molecule has 0 aliphatic rings. The maximum absolute atomic E-state index is 12.0. The van der Waals surface area contributed by atoms with Crippen LogP contribution in [0, 0.1) is 0 Å². The number of halogens is 1. The second-order valence-corrected chi connectivity index (χ2v) is 7.04. The molecule has 1 aromatic carbocycles. The third-order valence-corrected chi connectivity index (χ3v) is 4.94. The SMILES string of the molecule is CCn1c(SCC(=O)NC(=O)NCc2ccco2)nnc1-c1ccc(Cl)cc1. The van der Waals surface area contributed by atoms with Crippen LogP contribution in [0.15, 0.2) is 52.2 Å². The Hall–Kier alpha value is -2.78. The van der Waals surface area contributed by atoms with E-state index in [0.717, 1.165) is 5.56 Å². The van der Waals surface area contributed by atoms with Crippen molar-refractivity contribution in [3.05, 3.63) is 53.4 Å². The van der Waals surface area contributed by atoms with Crippen molar-refractivity contribution in [2.45, 2.75) is 25.2 Å². The number of nitrogens with one attached hydrogen (secondary N) is 2. The van der Waals surface area contributed by atoms with Gasteiger partial charge in [-0.15, -0.1) is 10.2 Å². The number of carbonyl (C=O) groups excluding carboxylic acids is 2. The number of nitrogens with zero attached hydrogens (tertiary/aromatic N) is 3. The van der Waals surface area contributed by atoms with Crippen molar-refractivity contribution in [1.29, 1.82) is 0 Å². The maximum atomic E-state index is 12.0. The van der Waals surface area contributed by atoms with E-state index >= 15 is 0 Å². The molecule has 0 aliphatic heterocycles. The molecule has 0 aliphatic carbocycles. The molecule has 3 amide bonds. The summed E-state index contributed by atoms with van der Waals surface area (Å²) in [7, 11) is 0. The number of hydrogen-bond acceptors (Lipinski definition) is 6. The standard InChI is InChI=1S/C18H18ClN5O3S/c1-2-24-16(12-5-7-13(19)8-6-12)22-23-18(24)28-11-15(25)21-17(26)20-10-14-4-3-9-27-14/h3-9H,2,10-11H2,1H3,(H2,20,21,25,26). The number of aromatic nitrogens is 3. The van der Waals surface area contributed by atoms with Crippen LogP contribution < -0.4 is 10.6 Å². The highest BCUT2D eigenvalue weighted by Crippen LogP contribution is 2.24. The average molecular weight is 420 g/mol. The van der Waals surface area contributed by atoms with Crippen LogP contribution in [-0.4, -0.2) is 32.5 Å². The van der Waals surface area contributed by atoms with Gasteiger partial charge in [0.2, 0.25) is 5.91 Å². The van der Waals surface area contributed by atoms with Crippen molar-refractivity contribution in [1.82, 2.24) is 25.4 Å². The topological polar surface area (TPSA) is 102 Å². The van der Waals surface area contributed by atoms with Gasteiger partial charge < -0.3 is 14.3 Å². The summed E-state index contributed by atoms with van der Waals surface area (Å²) in [6.07, 6.45) is 1.51. The second-order valence-electron chi connectivity index (χ2n) is 5.66. The van der Waals surface area contributed by atoms with Crippen LogP contribution in [0.5, 0.6) is 0 Å². The lowest BCUT2D eigenvalue weighted by molar-refractivity contribution is -0.117. The van der Waals surface area contributed by atoms with E-state index in [1.807, 2.05) is 23.6 Å². The van der Waals surface area contributed by atoms with Crippen molar-refractivity contribution < 1.29 is 14.0 Å². The number of urea groups is 1. The minimum Gasteiger partial charge on any atom is -0.467 e. The second kappa shape index (κ2) is 9.43. The lowest BCUT2D eigenvalue weighted by atomic mass is 10.2. The zero-order valence-corrected chi connectivity index (χ0v) is 16.6. The normalized spacial score (nSPS) is 10.6. The molecule has 10 heteroatoms. The van der Waals surface area contributed by atoms with Crippen molar-refractivity contribution in [3.8, 4) is 11.4 Å². The van der Waals surface area contributed by atoms with Crippen LogP contribution in [0.1, 0.15) is 12.7 Å². The van der Waals surface area contributed by atoms with Crippen molar-refractivity contribution in [2.75, 3.05) is 5.75 Å². The van der Waals surface area contributed by atoms with E-state index in [-0.39, 0.29) is 12.3 Å². The fourth-order valence-electron chi connectivity index (χ4n) is 2.41. The van der Waals surface area contributed by atoms with Gasteiger partial charge in [-0.25, -0.2) is 4.79 Å². The largest absolute Gasteiger partial charge is 0.467 e. The van der Waals surface area contributed by atoms with Gasteiger partial charge in [-0.1, -0.05) is 23.4 Å². The van der Waals surface area contributed by atoms with E-state index in [9.17, 15) is 9.59 Å². The predicted octanol–water partition coefficient (Wildman–Crippen LogP) is 3.33. The number of amides is 3. The Morgan fingerprint density at radius 2 is 2.00 bits per heavy atom. The monoisotopic (exact) mass is 419 g/mol. The molecule has 0 fully saturated rings. The van der Waals surface area contributed by atoms with Gasteiger partial charge in [-0.2, -0.15) is 0 Å². The van der Waals surface area contributed by atoms with Gasteiger partial charge in [-0.05, 0) is 43.3 Å². The molecule has 0 atom stereocenters. The van der Waals surface area contributed by atoms with Gasteiger partial charge in [0, 0.05) is 17.1 Å². The Balaban J connectivity index is 1.54. The molecule has 2 N–H and O–H groups in total. The van der Waals surface area contributed by atoms with E-state index in [1.54, 1.807) is 24.3 Å². The van der Waals surface area contributed by atoms with Crippen LogP contribution in [0.2, 0.25) is 5.02 Å². The molecule has 0 saturated carbocycles. The number of carbonyl (C=O) groups is 2. The molecular weight excluding hydrogens is 402 g/mol. The first-order valence-electron chi connectivity index (χ1n) is 8.48. The van der Waals surface area contributed by atoms with Gasteiger partial charge in [0.15, 0.2) is 11.0 Å². The first-order valence-corrected chi connectivity index (χ1v) is 9.85. The zero-order chi connectivity index (χ0) is 19.9. The fraction of sp³-hybridized carbons (Fsp3) is 0.222. The highest BCUT2D eigenvalue weighted by molar-refractivity contribution is 7.99. The van der Waals surface area contributed by atoms with Crippen LogP contribution in [0.25, 0.3) is 11.4 Å². The number of benzene rings is 1. The van der Waals surface area contributed by atoms with Crippen LogP contribution >= 0.6 is 23.4 Å². The Morgan fingerprint density at radius 3 is 2.68 bits per heavy atom. The number of hydrogen-bond donors (Lipinski definition) is 2. The Bertz CT molecular complexity index is 941. The summed E-state index contributed by atoms with van der Waals surface area (Å²) in [5.41, 5.74) is 0.882. The minimum atomic E-state index is -0.583. The van der Waals surface area contributed by atoms with Gasteiger partial charge in [-0.3, -0.25) is 10.1 Å². The molecule has 3 rings (SSSR count). The Morgan fingerprint density at radius 1 is 1.21 bits per heavy atom. The minimum absolute atomic E-state index is 0.0346. The smallest absolute Gasteiger partial charge is 0.321 e. The Labute approximate surface area is 170 Å². The van der Waals surface area contributed by atoms with Crippen molar-refractivity contribution >= 4 is 35.3 Å². The van der Waals surface area contributed by atoms with Gasteiger partial charge in [0.1, 0.15) is 5.76 Å². The fourth-order valence-corrected chi connectivity index (χ4v) is 3.34. The van der Waals surface area contributed by atoms with E-state index in [4.69, 9.17) is 16.0 Å². The third-order valence-electron chi connectivity index (χ3n) is 3.72. The van der Waals surface area contributed by atoms with Crippen LogP contribution in [0.3, 0.4) is 0 Å². The number of imide groups is 1. The summed E-state index contributed by atoms with van der Waals surface area (Å²) >= 11 is 7.14. The van der Waals surface area contributed by atoms with Crippen molar-refractivity contribution in [3.63, 3.8) is 0 Å². The average Bonchev–Trinajstić information content (AvgIpc) is 3.35. The van der Waals surface area contributed by atoms with Crippen molar-refractivity contribution in [2.24, 2.45) is 0 Å². The van der Waals surface area contributed by atoms with Gasteiger partial charge >= 0.3 is 6.03 Å². The van der Waals surface area contributed by atoms with E-state index < -0.39 is 11.9 Å². The number of furan rings is 1. The molecule has 146 valence electrons. The van der Waals surface area contributed by atoms with Crippen LogP contribution in [-0.2, 0) is 17.9 Å². The van der Waals surface area contributed by atoms with E-state index in [0.29, 0.717) is 28.3 Å². The summed E-state index contributed by atoms with van der Waals surface area (Å²) in [5, 5.41) is 14.4. The maximum Gasteiger partial charge on any atom is 0.321 e. The summed E-state index contributed by atoms with van der Waals surface area (Å²) in [4.78, 5) is 23.8. The lowest BCUT2D eigenvalue weighted by Crippen LogP contribution is -2.39. The first kappa shape index (κ1) is 20.0. The molecule has 0 unspecified atom stereocenters. The molecule has 8 nitrogen and oxygen atoms in total. The molecule has 0 bridgehead atoms. The highest BCUT2D eigenvalue weighted by atomic mass is 35.5. The lowest BCUT2D eigenvalue weighted by Gasteiger charge is -2.08. The molecule has 28 heavy (non-hydrogen) atoms. The molecule has 3 aromatic rings. The Kier molecular flexibility index (Phi) is 6.72. The highest BCUT2D eigenvalue weighted by Gasteiger charge is 2.15. The number of rotatable bonds is 7. The van der Waals surface area contributed by atoms with Crippen LogP contribution in [0.4, 0.5) is 4.79 Å². The molecule has 0 saturated heterocycles. The number of thioether (sulfide) groups is 1.